The summed E-state index contributed by atoms with van der Waals surface area (Å²) in [6.45, 7) is 1.63. The van der Waals surface area contributed by atoms with Gasteiger partial charge in [-0.05, 0) is 79.5 Å². The Balaban J connectivity index is 1.30. The van der Waals surface area contributed by atoms with Gasteiger partial charge in [0, 0.05) is 28.5 Å². The average Bonchev–Trinajstić information content (AvgIpc) is 3.86. The van der Waals surface area contributed by atoms with E-state index < -0.39 is 30.0 Å². The Labute approximate surface area is 243 Å². The summed E-state index contributed by atoms with van der Waals surface area (Å²) in [5, 5.41) is 4.31. The Morgan fingerprint density at radius 1 is 1.00 bits per heavy atom. The standard InChI is InChI=1S/C29H23Cl2F3N4O3/c1-15-8-18(6-7-23(15)26(40)38(25(39)17-4-5-17)27-35-13-22(31)14-36-27)24-12-28(41-37-24,29(32,33)34)20-9-19(16-2-3-16)10-21(30)11-20/h6-11,13-14,16-17H,2-5,12H2,1H3. The highest BCUT2D eigenvalue weighted by Crippen LogP contribution is 2.51. The highest BCUT2D eigenvalue weighted by atomic mass is 35.5. The second-order valence-corrected chi connectivity index (χ2v) is 11.5. The average molecular weight is 603 g/mol. The molecule has 1 atom stereocenters. The van der Waals surface area contributed by atoms with Gasteiger partial charge in [0.1, 0.15) is 0 Å². The molecule has 0 radical (unpaired) electrons. The molecule has 0 bridgehead atoms. The molecule has 0 saturated heterocycles. The van der Waals surface area contributed by atoms with Crippen molar-refractivity contribution in [2.24, 2.45) is 11.1 Å². The van der Waals surface area contributed by atoms with E-state index in [0.717, 1.165) is 23.3 Å². The lowest BCUT2D eigenvalue weighted by molar-refractivity contribution is -0.275. The molecule has 2 amide bonds. The van der Waals surface area contributed by atoms with Crippen LogP contribution in [0.4, 0.5) is 19.1 Å². The van der Waals surface area contributed by atoms with Crippen LogP contribution in [0.2, 0.25) is 10.0 Å². The Bertz CT molecular complexity index is 1590. The Morgan fingerprint density at radius 3 is 2.32 bits per heavy atom. The van der Waals surface area contributed by atoms with E-state index in [1.807, 2.05) is 0 Å². The van der Waals surface area contributed by atoms with E-state index in [9.17, 15) is 22.8 Å². The zero-order chi connectivity index (χ0) is 29.1. The van der Waals surface area contributed by atoms with Crippen LogP contribution >= 0.6 is 23.2 Å². The van der Waals surface area contributed by atoms with Crippen molar-refractivity contribution < 1.29 is 27.6 Å². The largest absolute Gasteiger partial charge is 0.435 e. The number of oxime groups is 1. The van der Waals surface area contributed by atoms with Crippen molar-refractivity contribution in [2.45, 2.75) is 56.7 Å². The van der Waals surface area contributed by atoms with Crippen molar-refractivity contribution in [3.8, 4) is 0 Å². The molecule has 2 aromatic carbocycles. The molecule has 2 aliphatic carbocycles. The molecule has 2 heterocycles. The van der Waals surface area contributed by atoms with Gasteiger partial charge in [0.2, 0.25) is 11.9 Å². The van der Waals surface area contributed by atoms with Crippen LogP contribution in [-0.2, 0) is 15.2 Å². The molecule has 12 heteroatoms. The number of carbonyl (C=O) groups excluding carboxylic acids is 2. The summed E-state index contributed by atoms with van der Waals surface area (Å²) in [6, 6.07) is 8.97. The number of hydrogen-bond donors (Lipinski definition) is 0. The van der Waals surface area contributed by atoms with E-state index in [1.54, 1.807) is 19.1 Å². The highest BCUT2D eigenvalue weighted by molar-refractivity contribution is 6.31. The molecule has 1 aromatic heterocycles. The number of rotatable bonds is 6. The molecule has 0 N–H and O–H groups in total. The number of aryl methyl sites for hydroxylation is 1. The summed E-state index contributed by atoms with van der Waals surface area (Å²) in [6.07, 6.45) is 0.347. The Hall–Kier alpha value is -3.50. The van der Waals surface area contributed by atoms with Gasteiger partial charge in [-0.3, -0.25) is 9.59 Å². The minimum Gasteiger partial charge on any atom is -0.374 e. The third-order valence-corrected chi connectivity index (χ3v) is 7.98. The summed E-state index contributed by atoms with van der Waals surface area (Å²) in [4.78, 5) is 40.8. The molecule has 1 aliphatic heterocycles. The van der Waals surface area contributed by atoms with Crippen LogP contribution in [0.1, 0.15) is 70.6 Å². The summed E-state index contributed by atoms with van der Waals surface area (Å²) >= 11 is 12.1. The quantitative estimate of drug-likeness (QED) is 0.280. The SMILES string of the molecule is Cc1cc(C2=NOC(c3cc(Cl)cc(C4CC4)c3)(C(F)(F)F)C2)ccc1C(=O)N(C(=O)C1CC1)c1ncc(Cl)cn1. The first-order valence-corrected chi connectivity index (χ1v) is 13.8. The molecule has 7 nitrogen and oxygen atoms in total. The van der Waals surface area contributed by atoms with Crippen LogP contribution in [0.15, 0.2) is 53.9 Å². The predicted molar refractivity (Wildman–Crippen MR) is 146 cm³/mol. The molecule has 41 heavy (non-hydrogen) atoms. The number of carbonyl (C=O) groups is 2. The third-order valence-electron chi connectivity index (χ3n) is 7.57. The summed E-state index contributed by atoms with van der Waals surface area (Å²) < 4.78 is 43.8. The first-order valence-electron chi connectivity index (χ1n) is 13.1. The molecule has 3 aliphatic rings. The summed E-state index contributed by atoms with van der Waals surface area (Å²) in [7, 11) is 0. The molecule has 212 valence electrons. The zero-order valence-corrected chi connectivity index (χ0v) is 23.2. The minimum absolute atomic E-state index is 0.0734. The van der Waals surface area contributed by atoms with E-state index in [0.29, 0.717) is 24.0 Å². The van der Waals surface area contributed by atoms with E-state index in [2.05, 4.69) is 15.1 Å². The molecule has 0 spiro atoms. The third kappa shape index (κ3) is 5.19. The van der Waals surface area contributed by atoms with Crippen molar-refractivity contribution in [2.75, 3.05) is 4.90 Å². The van der Waals surface area contributed by atoms with Gasteiger partial charge in [-0.25, -0.2) is 14.9 Å². The predicted octanol–water partition coefficient (Wildman–Crippen LogP) is 7.13. The molecule has 2 saturated carbocycles. The number of benzene rings is 2. The van der Waals surface area contributed by atoms with Crippen molar-refractivity contribution in [3.05, 3.63) is 86.7 Å². The number of anilines is 1. The van der Waals surface area contributed by atoms with Crippen molar-refractivity contribution in [3.63, 3.8) is 0 Å². The maximum absolute atomic E-state index is 14.6. The first kappa shape index (κ1) is 27.7. The van der Waals surface area contributed by atoms with Gasteiger partial charge in [-0.1, -0.05) is 40.5 Å². The van der Waals surface area contributed by atoms with Gasteiger partial charge in [0.15, 0.2) is 0 Å². The van der Waals surface area contributed by atoms with E-state index in [-0.39, 0.29) is 44.7 Å². The van der Waals surface area contributed by atoms with Gasteiger partial charge >= 0.3 is 6.18 Å². The second kappa shape index (κ2) is 10.1. The maximum Gasteiger partial charge on any atom is 0.435 e. The highest BCUT2D eigenvalue weighted by Gasteiger charge is 2.62. The fraction of sp³-hybridized carbons (Fsp3) is 0.345. The number of amides is 2. The summed E-state index contributed by atoms with van der Waals surface area (Å²) in [5.41, 5.74) is -1.01. The zero-order valence-electron chi connectivity index (χ0n) is 21.7. The molecule has 1 unspecified atom stereocenters. The lowest BCUT2D eigenvalue weighted by Crippen LogP contribution is -2.42. The number of halogens is 5. The van der Waals surface area contributed by atoms with E-state index in [4.69, 9.17) is 28.0 Å². The fourth-order valence-corrected chi connectivity index (χ4v) is 5.32. The topological polar surface area (TPSA) is 84.8 Å². The fourth-order valence-electron chi connectivity index (χ4n) is 4.98. The van der Waals surface area contributed by atoms with Crippen molar-refractivity contribution >= 4 is 46.7 Å². The lowest BCUT2D eigenvalue weighted by atomic mass is 9.85. The van der Waals surface area contributed by atoms with Gasteiger partial charge in [0.05, 0.1) is 23.1 Å². The Morgan fingerprint density at radius 2 is 1.71 bits per heavy atom. The van der Waals surface area contributed by atoms with Crippen LogP contribution in [-0.4, -0.2) is 33.7 Å². The normalized spacial score (nSPS) is 20.4. The minimum atomic E-state index is -4.78. The van der Waals surface area contributed by atoms with Gasteiger partial charge in [-0.2, -0.15) is 13.2 Å². The van der Waals surface area contributed by atoms with Crippen LogP contribution in [0.3, 0.4) is 0 Å². The van der Waals surface area contributed by atoms with E-state index in [1.165, 1.54) is 36.7 Å². The van der Waals surface area contributed by atoms with Crippen molar-refractivity contribution in [1.29, 1.82) is 0 Å². The lowest BCUT2D eigenvalue weighted by Gasteiger charge is -2.30. The smallest absolute Gasteiger partial charge is 0.374 e. The first-order chi connectivity index (χ1) is 19.5. The second-order valence-electron chi connectivity index (χ2n) is 10.7. The summed E-state index contributed by atoms with van der Waals surface area (Å²) in [5.74, 6) is -1.28. The molecular weight excluding hydrogens is 580 g/mol. The molecule has 3 aromatic rings. The van der Waals surface area contributed by atoms with E-state index >= 15 is 0 Å². The molecular formula is C29H23Cl2F3N4O3. The van der Waals surface area contributed by atoms with Gasteiger partial charge in [-0.15, -0.1) is 0 Å². The number of imide groups is 1. The van der Waals surface area contributed by atoms with Crippen LogP contribution in [0, 0.1) is 12.8 Å². The number of hydrogen-bond acceptors (Lipinski definition) is 6. The van der Waals surface area contributed by atoms with Crippen LogP contribution in [0.25, 0.3) is 0 Å². The molecule has 2 fully saturated rings. The van der Waals surface area contributed by atoms with Gasteiger partial charge < -0.3 is 4.84 Å². The van der Waals surface area contributed by atoms with Crippen molar-refractivity contribution in [1.82, 2.24) is 9.97 Å². The van der Waals surface area contributed by atoms with Crippen LogP contribution in [0.5, 0.6) is 0 Å². The van der Waals surface area contributed by atoms with Gasteiger partial charge in [0.25, 0.3) is 11.5 Å². The monoisotopic (exact) mass is 602 g/mol. The maximum atomic E-state index is 14.6. The van der Waals surface area contributed by atoms with Crippen LogP contribution < -0.4 is 4.90 Å². The number of alkyl halides is 3. The Kier molecular flexibility index (Phi) is 6.81. The number of aromatic nitrogens is 2. The molecule has 6 rings (SSSR count). The number of nitrogens with zero attached hydrogens (tertiary/aromatic N) is 4.